The van der Waals surface area contributed by atoms with Crippen LogP contribution in [0, 0.1) is 0 Å². The summed E-state index contributed by atoms with van der Waals surface area (Å²) in [6, 6.07) is 0. The fraction of sp³-hybridized carbons (Fsp3) is 0.958. The molecule has 1 heterocycles. The molecule has 1 rings (SSSR count). The SMILES string of the molecule is CCCCCCCC/C=C\CCCCCCCCOCCOCCOCCOCCOCCOCCOCCOCCOCCOCCOCCOCCOCCOCCOCCOCCOCCOCCOCCOCCOC(=O)CCN1CC[N+](C)(CCCCCC)CC1. The Kier molecular flexibility index (Phi) is 77.6. The average Bonchev–Trinajstić information content (AvgIpc) is 0.911. The van der Waals surface area contributed by atoms with Gasteiger partial charge in [0, 0.05) is 26.2 Å². The third-order valence-corrected chi connectivity index (χ3v) is 15.5. The fourth-order valence-electron chi connectivity index (χ4n) is 9.62. The van der Waals surface area contributed by atoms with Crippen LogP contribution in [-0.4, -0.2) is 333 Å². The quantitative estimate of drug-likeness (QED) is 0.0241. The number of piperazine rings is 1. The summed E-state index contributed by atoms with van der Waals surface area (Å²) in [5.41, 5.74) is 0. The van der Waals surface area contributed by atoms with Gasteiger partial charge in [-0.2, -0.15) is 0 Å². The lowest BCUT2D eigenvalue weighted by Crippen LogP contribution is -2.57. The molecule has 24 heteroatoms. The highest BCUT2D eigenvalue weighted by molar-refractivity contribution is 5.69. The maximum Gasteiger partial charge on any atom is 0.307 e. The molecule has 0 atom stereocenters. The van der Waals surface area contributed by atoms with Gasteiger partial charge in [0.25, 0.3) is 0 Å². The number of allylic oxidation sites excluding steroid dienone is 2. The van der Waals surface area contributed by atoms with Crippen molar-refractivity contribution in [2.75, 3.05) is 317 Å². The standard InChI is InChI=1S/C72H143N2O22/c1-4-6-8-10-11-12-13-14-15-16-17-18-19-20-21-23-31-76-32-33-77-34-35-78-36-37-79-38-39-80-40-41-81-42-43-82-44-45-83-46-47-84-48-49-85-50-51-86-52-53-87-54-55-88-56-57-89-58-59-90-60-61-91-62-63-92-64-65-93-66-67-94-68-69-95-70-71-96-72(75)24-25-73-26-29-74(3,30-27-73)28-22-9-7-5-2/h14-15H,4-13,16-71H2,1-3H3/q+1/b15-14-. The van der Waals surface area contributed by atoms with Crippen molar-refractivity contribution in [2.45, 2.75) is 136 Å². The molecule has 96 heavy (non-hydrogen) atoms. The molecule has 1 aliphatic rings. The molecule has 0 amide bonds. The van der Waals surface area contributed by atoms with E-state index in [-0.39, 0.29) is 12.6 Å². The van der Waals surface area contributed by atoms with Crippen LogP contribution >= 0.6 is 0 Å². The molecule has 0 aromatic heterocycles. The smallest absolute Gasteiger partial charge is 0.307 e. The van der Waals surface area contributed by atoms with Crippen molar-refractivity contribution in [3.05, 3.63) is 12.2 Å². The van der Waals surface area contributed by atoms with Gasteiger partial charge in [0.1, 0.15) is 6.61 Å². The first-order valence-corrected chi connectivity index (χ1v) is 37.5. The fourth-order valence-corrected chi connectivity index (χ4v) is 9.62. The first-order chi connectivity index (χ1) is 47.6. The van der Waals surface area contributed by atoms with Crippen LogP contribution in [0.3, 0.4) is 0 Å². The number of hydrogen-bond acceptors (Lipinski definition) is 23. The third kappa shape index (κ3) is 75.0. The monoisotopic (exact) mass is 1390 g/mol. The molecule has 0 aliphatic carbocycles. The number of unbranched alkanes of at least 4 members (excludes halogenated alkanes) is 15. The topological polar surface area (TPSA) is 214 Å². The molecule has 572 valence electrons. The van der Waals surface area contributed by atoms with Gasteiger partial charge in [-0.25, -0.2) is 0 Å². The zero-order valence-electron chi connectivity index (χ0n) is 61.2. The molecule has 0 N–H and O–H groups in total. The largest absolute Gasteiger partial charge is 0.463 e. The van der Waals surface area contributed by atoms with E-state index in [0.717, 1.165) is 50.2 Å². The van der Waals surface area contributed by atoms with E-state index in [1.807, 2.05) is 0 Å². The maximum absolute atomic E-state index is 12.2. The lowest BCUT2D eigenvalue weighted by Gasteiger charge is -2.42. The van der Waals surface area contributed by atoms with Crippen LogP contribution in [0.2, 0.25) is 0 Å². The van der Waals surface area contributed by atoms with Gasteiger partial charge in [0.2, 0.25) is 0 Å². The molecule has 0 spiro atoms. The number of hydrogen-bond donors (Lipinski definition) is 0. The van der Waals surface area contributed by atoms with Crippen molar-refractivity contribution >= 4 is 5.97 Å². The Bertz CT molecular complexity index is 1510. The molecule has 1 aliphatic heterocycles. The van der Waals surface area contributed by atoms with E-state index in [2.05, 4.69) is 37.9 Å². The molecule has 0 aromatic carbocycles. The third-order valence-electron chi connectivity index (χ3n) is 15.5. The summed E-state index contributed by atoms with van der Waals surface area (Å²) in [6.45, 7) is 31.4. The summed E-state index contributed by atoms with van der Waals surface area (Å²) < 4.78 is 118. The number of ether oxygens (including phenoxy) is 21. The predicted molar refractivity (Wildman–Crippen MR) is 373 cm³/mol. The molecule has 1 fully saturated rings. The van der Waals surface area contributed by atoms with Gasteiger partial charge in [-0.3, -0.25) is 9.69 Å². The van der Waals surface area contributed by atoms with Crippen LogP contribution in [0.25, 0.3) is 0 Å². The predicted octanol–water partition coefficient (Wildman–Crippen LogP) is 8.63. The molecule has 0 unspecified atom stereocenters. The minimum absolute atomic E-state index is 0.165. The highest BCUT2D eigenvalue weighted by atomic mass is 16.6. The second kappa shape index (κ2) is 80.6. The first-order valence-electron chi connectivity index (χ1n) is 37.5. The summed E-state index contributed by atoms with van der Waals surface area (Å²) in [5, 5.41) is 0. The Morgan fingerprint density at radius 3 is 0.771 bits per heavy atom. The number of carbonyl (C=O) groups excluding carboxylic acids is 1. The molecule has 0 bridgehead atoms. The number of rotatable bonds is 84. The second-order valence-electron chi connectivity index (χ2n) is 23.8. The average molecular weight is 1390 g/mol. The van der Waals surface area contributed by atoms with Gasteiger partial charge in [0.15, 0.2) is 0 Å². The van der Waals surface area contributed by atoms with Crippen molar-refractivity contribution in [2.24, 2.45) is 0 Å². The summed E-state index contributed by atoms with van der Waals surface area (Å²) in [7, 11) is 2.37. The van der Waals surface area contributed by atoms with E-state index in [1.54, 1.807) is 0 Å². The van der Waals surface area contributed by atoms with E-state index in [0.29, 0.717) is 264 Å². The van der Waals surface area contributed by atoms with E-state index < -0.39 is 0 Å². The summed E-state index contributed by atoms with van der Waals surface area (Å²) in [5.74, 6) is -0.165. The van der Waals surface area contributed by atoms with Gasteiger partial charge in [0.05, 0.1) is 291 Å². The minimum atomic E-state index is -0.165. The molecular formula is C72H143N2O22+. The van der Waals surface area contributed by atoms with Crippen LogP contribution in [0.1, 0.15) is 136 Å². The highest BCUT2D eigenvalue weighted by Crippen LogP contribution is 2.14. The van der Waals surface area contributed by atoms with Crippen molar-refractivity contribution in [3.8, 4) is 0 Å². The van der Waals surface area contributed by atoms with Crippen molar-refractivity contribution < 1.29 is 109 Å². The van der Waals surface area contributed by atoms with Crippen LogP contribution in [0.4, 0.5) is 0 Å². The number of carbonyl (C=O) groups is 1. The molecule has 1 saturated heterocycles. The summed E-state index contributed by atoms with van der Waals surface area (Å²) in [4.78, 5) is 14.6. The summed E-state index contributed by atoms with van der Waals surface area (Å²) >= 11 is 0. The van der Waals surface area contributed by atoms with E-state index >= 15 is 0 Å². The number of quaternary nitrogens is 1. The van der Waals surface area contributed by atoms with Crippen molar-refractivity contribution in [1.29, 1.82) is 0 Å². The molecule has 0 radical (unpaired) electrons. The number of likely N-dealkylation sites (N-methyl/N-ethyl adjacent to an activating group) is 1. The molecule has 0 aromatic rings. The van der Waals surface area contributed by atoms with E-state index in [1.165, 1.54) is 116 Å². The molecule has 0 saturated carbocycles. The zero-order chi connectivity index (χ0) is 68.6. The number of esters is 1. The maximum atomic E-state index is 12.2. The van der Waals surface area contributed by atoms with Gasteiger partial charge in [-0.1, -0.05) is 96.6 Å². The Morgan fingerprint density at radius 1 is 0.281 bits per heavy atom. The lowest BCUT2D eigenvalue weighted by molar-refractivity contribution is -0.913. The van der Waals surface area contributed by atoms with E-state index in [9.17, 15) is 4.79 Å². The number of nitrogens with zero attached hydrogens (tertiary/aromatic N) is 2. The van der Waals surface area contributed by atoms with Crippen LogP contribution < -0.4 is 0 Å². The highest BCUT2D eigenvalue weighted by Gasteiger charge is 2.28. The Hall–Kier alpha value is -1.67. The van der Waals surface area contributed by atoms with Gasteiger partial charge in [-0.15, -0.1) is 0 Å². The van der Waals surface area contributed by atoms with Crippen LogP contribution in [0.5, 0.6) is 0 Å². The first kappa shape index (κ1) is 92.3. The van der Waals surface area contributed by atoms with E-state index in [4.69, 9.17) is 99.5 Å². The Morgan fingerprint density at radius 2 is 0.500 bits per heavy atom. The zero-order valence-corrected chi connectivity index (χ0v) is 61.2. The van der Waals surface area contributed by atoms with Gasteiger partial charge in [-0.05, 0) is 44.9 Å². The van der Waals surface area contributed by atoms with Crippen LogP contribution in [0.15, 0.2) is 12.2 Å². The Balaban J connectivity index is 1.61. The minimum Gasteiger partial charge on any atom is -0.463 e. The van der Waals surface area contributed by atoms with Crippen molar-refractivity contribution in [3.63, 3.8) is 0 Å². The molecular weight excluding hydrogens is 1240 g/mol. The van der Waals surface area contributed by atoms with Gasteiger partial charge >= 0.3 is 5.97 Å². The second-order valence-corrected chi connectivity index (χ2v) is 23.8. The van der Waals surface area contributed by atoms with Crippen LogP contribution in [-0.2, 0) is 104 Å². The normalized spacial score (nSPS) is 13.5. The van der Waals surface area contributed by atoms with Gasteiger partial charge < -0.3 is 104 Å². The van der Waals surface area contributed by atoms with Crippen molar-refractivity contribution in [1.82, 2.24) is 4.90 Å². The molecule has 24 nitrogen and oxygen atoms in total. The summed E-state index contributed by atoms with van der Waals surface area (Å²) in [6.07, 6.45) is 28.9. The Labute approximate surface area is 582 Å². The lowest BCUT2D eigenvalue weighted by atomic mass is 10.1.